The van der Waals surface area contributed by atoms with Crippen LogP contribution in [0.25, 0.3) is 0 Å². The molecule has 1 aromatic carbocycles. The minimum atomic E-state index is -2.11. The normalized spacial score (nSPS) is 18.0. The molecule has 2 rings (SSSR count). The Labute approximate surface area is 88.4 Å². The van der Waals surface area contributed by atoms with Gasteiger partial charge in [-0.3, -0.25) is 0 Å². The van der Waals surface area contributed by atoms with Crippen LogP contribution in [0.15, 0.2) is 22.6 Å². The second kappa shape index (κ2) is 3.81. The standard InChI is InChI=1S/C10H12FNO2S/c1-14-10-8(11)4-2-5-9(10)12-15(13)6-3-7-15/h2,4-5H,3,6-7H2,1H3. The fourth-order valence-corrected chi connectivity index (χ4v) is 2.90. The number of halogens is 1. The van der Waals surface area contributed by atoms with Gasteiger partial charge in [-0.25, -0.2) is 8.60 Å². The Hall–Kier alpha value is -1.10. The summed E-state index contributed by atoms with van der Waals surface area (Å²) >= 11 is 0. The lowest BCUT2D eigenvalue weighted by atomic mass is 10.3. The van der Waals surface area contributed by atoms with E-state index in [-0.39, 0.29) is 5.75 Å². The molecule has 1 aromatic rings. The van der Waals surface area contributed by atoms with Gasteiger partial charge >= 0.3 is 0 Å². The highest BCUT2D eigenvalue weighted by Gasteiger charge is 2.20. The SMILES string of the molecule is COc1c(F)cccc1N=S1(=O)CCC1. The van der Waals surface area contributed by atoms with Crippen LogP contribution in [-0.2, 0) is 9.73 Å². The summed E-state index contributed by atoms with van der Waals surface area (Å²) in [7, 11) is -0.733. The molecule has 15 heavy (non-hydrogen) atoms. The molecule has 1 aliphatic heterocycles. The van der Waals surface area contributed by atoms with Gasteiger partial charge in [0.2, 0.25) is 0 Å². The zero-order valence-electron chi connectivity index (χ0n) is 8.40. The van der Waals surface area contributed by atoms with Crippen LogP contribution >= 0.6 is 0 Å². The van der Waals surface area contributed by atoms with E-state index in [0.717, 1.165) is 6.42 Å². The van der Waals surface area contributed by atoms with Gasteiger partial charge in [0, 0.05) is 11.5 Å². The molecule has 1 saturated heterocycles. The number of ether oxygens (including phenoxy) is 1. The third kappa shape index (κ3) is 1.97. The largest absolute Gasteiger partial charge is 0.491 e. The molecule has 82 valence electrons. The molecule has 1 fully saturated rings. The Morgan fingerprint density at radius 2 is 2.20 bits per heavy atom. The zero-order chi connectivity index (χ0) is 10.9. The van der Waals surface area contributed by atoms with E-state index in [1.807, 2.05) is 0 Å². The monoisotopic (exact) mass is 229 g/mol. The highest BCUT2D eigenvalue weighted by atomic mass is 32.2. The number of rotatable bonds is 2. The Balaban J connectivity index is 2.49. The molecule has 1 heterocycles. The molecule has 0 N–H and O–H groups in total. The average molecular weight is 229 g/mol. The van der Waals surface area contributed by atoms with E-state index in [1.54, 1.807) is 6.07 Å². The number of hydrogen-bond acceptors (Lipinski definition) is 3. The van der Waals surface area contributed by atoms with Crippen LogP contribution in [0.2, 0.25) is 0 Å². The molecule has 1 aliphatic rings. The van der Waals surface area contributed by atoms with Crippen LogP contribution in [-0.4, -0.2) is 22.8 Å². The lowest BCUT2D eigenvalue weighted by molar-refractivity contribution is 0.388. The summed E-state index contributed by atoms with van der Waals surface area (Å²) < 4.78 is 34.1. The van der Waals surface area contributed by atoms with E-state index in [1.165, 1.54) is 19.2 Å². The van der Waals surface area contributed by atoms with Crippen LogP contribution in [0, 0.1) is 5.82 Å². The van der Waals surface area contributed by atoms with Gasteiger partial charge in [0.05, 0.1) is 16.8 Å². The van der Waals surface area contributed by atoms with Crippen molar-refractivity contribution in [2.75, 3.05) is 18.6 Å². The van der Waals surface area contributed by atoms with Gasteiger partial charge < -0.3 is 4.74 Å². The van der Waals surface area contributed by atoms with Crippen LogP contribution in [0.3, 0.4) is 0 Å². The first kappa shape index (κ1) is 10.4. The molecular formula is C10H12FNO2S. The van der Waals surface area contributed by atoms with Crippen LogP contribution in [0.4, 0.5) is 10.1 Å². The quantitative estimate of drug-likeness (QED) is 0.780. The molecule has 0 amide bonds. The maximum Gasteiger partial charge on any atom is 0.180 e. The van der Waals surface area contributed by atoms with E-state index in [9.17, 15) is 8.60 Å². The van der Waals surface area contributed by atoms with Crippen molar-refractivity contribution in [3.63, 3.8) is 0 Å². The van der Waals surface area contributed by atoms with Gasteiger partial charge in [0.15, 0.2) is 11.6 Å². The smallest absolute Gasteiger partial charge is 0.180 e. The molecule has 0 unspecified atom stereocenters. The van der Waals surface area contributed by atoms with Crippen LogP contribution in [0.5, 0.6) is 5.75 Å². The minimum Gasteiger partial charge on any atom is -0.491 e. The minimum absolute atomic E-state index is 0.0760. The number of methoxy groups -OCH3 is 1. The molecule has 0 atom stereocenters. The van der Waals surface area contributed by atoms with E-state index in [4.69, 9.17) is 4.74 Å². The molecule has 0 spiro atoms. The second-order valence-corrected chi connectivity index (χ2v) is 5.96. The van der Waals surface area contributed by atoms with Gasteiger partial charge in [-0.05, 0) is 18.6 Å². The van der Waals surface area contributed by atoms with E-state index >= 15 is 0 Å². The van der Waals surface area contributed by atoms with Crippen LogP contribution < -0.4 is 4.74 Å². The second-order valence-electron chi connectivity index (χ2n) is 3.42. The van der Waals surface area contributed by atoms with Crippen molar-refractivity contribution in [2.45, 2.75) is 6.42 Å². The summed E-state index contributed by atoms with van der Waals surface area (Å²) in [4.78, 5) is 0. The Bertz CT molecular complexity index is 482. The first-order chi connectivity index (χ1) is 7.14. The summed E-state index contributed by atoms with van der Waals surface area (Å²) in [6.07, 6.45) is 0.931. The highest BCUT2D eigenvalue weighted by Crippen LogP contribution is 2.32. The molecule has 0 radical (unpaired) electrons. The fraction of sp³-hybridized carbons (Fsp3) is 0.400. The van der Waals surface area contributed by atoms with Crippen molar-refractivity contribution in [3.8, 4) is 5.75 Å². The Morgan fingerprint density at radius 3 is 2.73 bits per heavy atom. The van der Waals surface area contributed by atoms with Crippen molar-refractivity contribution < 1.29 is 13.3 Å². The first-order valence-electron chi connectivity index (χ1n) is 4.70. The van der Waals surface area contributed by atoms with Gasteiger partial charge in [-0.2, -0.15) is 4.36 Å². The van der Waals surface area contributed by atoms with E-state index in [0.29, 0.717) is 17.2 Å². The topological polar surface area (TPSA) is 38.7 Å². The Kier molecular flexibility index (Phi) is 2.65. The van der Waals surface area contributed by atoms with Crippen molar-refractivity contribution >= 4 is 15.4 Å². The van der Waals surface area contributed by atoms with Gasteiger partial charge in [0.1, 0.15) is 5.69 Å². The molecular weight excluding hydrogens is 217 g/mol. The lowest BCUT2D eigenvalue weighted by Crippen LogP contribution is -2.23. The zero-order valence-corrected chi connectivity index (χ0v) is 9.22. The molecule has 5 heteroatoms. The molecule has 0 aromatic heterocycles. The molecule has 0 bridgehead atoms. The maximum absolute atomic E-state index is 13.3. The summed E-state index contributed by atoms with van der Waals surface area (Å²) in [6, 6.07) is 4.45. The number of hydrogen-bond donors (Lipinski definition) is 0. The number of nitrogens with zero attached hydrogens (tertiary/aromatic N) is 1. The maximum atomic E-state index is 13.3. The summed E-state index contributed by atoms with van der Waals surface area (Å²) in [5, 5.41) is 0. The first-order valence-corrected chi connectivity index (χ1v) is 6.55. The van der Waals surface area contributed by atoms with Crippen molar-refractivity contribution in [1.29, 1.82) is 0 Å². The molecule has 0 saturated carbocycles. The molecule has 0 aliphatic carbocycles. The van der Waals surface area contributed by atoms with Gasteiger partial charge in [-0.15, -0.1) is 0 Å². The Morgan fingerprint density at radius 1 is 1.47 bits per heavy atom. The fourth-order valence-electron chi connectivity index (χ4n) is 1.43. The van der Waals surface area contributed by atoms with Gasteiger partial charge in [0.25, 0.3) is 0 Å². The summed E-state index contributed by atoms with van der Waals surface area (Å²) in [5.74, 6) is 0.812. The molecule has 3 nitrogen and oxygen atoms in total. The third-order valence-electron chi connectivity index (χ3n) is 2.34. The van der Waals surface area contributed by atoms with Gasteiger partial charge in [-0.1, -0.05) is 6.07 Å². The summed E-state index contributed by atoms with van der Waals surface area (Å²) in [5.41, 5.74) is 0.349. The van der Waals surface area contributed by atoms with Crippen molar-refractivity contribution in [3.05, 3.63) is 24.0 Å². The number of benzene rings is 1. The number of para-hydroxylation sites is 1. The predicted octanol–water partition coefficient (Wildman–Crippen LogP) is 2.34. The third-order valence-corrected chi connectivity index (χ3v) is 4.72. The van der Waals surface area contributed by atoms with Crippen LogP contribution in [0.1, 0.15) is 6.42 Å². The van der Waals surface area contributed by atoms with Crippen molar-refractivity contribution in [1.82, 2.24) is 0 Å². The summed E-state index contributed by atoms with van der Waals surface area (Å²) in [6.45, 7) is 0. The van der Waals surface area contributed by atoms with E-state index < -0.39 is 15.5 Å². The van der Waals surface area contributed by atoms with E-state index in [2.05, 4.69) is 4.36 Å². The average Bonchev–Trinajstić information content (AvgIpc) is 2.16. The lowest BCUT2D eigenvalue weighted by Gasteiger charge is -2.18. The predicted molar refractivity (Wildman–Crippen MR) is 57.5 cm³/mol. The van der Waals surface area contributed by atoms with Crippen molar-refractivity contribution in [2.24, 2.45) is 4.36 Å². The highest BCUT2D eigenvalue weighted by molar-refractivity contribution is 7.95.